The first-order valence-electron chi connectivity index (χ1n) is 10.1. The number of pyridine rings is 1. The molecular weight excluding hydrogens is 410 g/mol. The monoisotopic (exact) mass is 433 g/mol. The summed E-state index contributed by atoms with van der Waals surface area (Å²) in [6.45, 7) is 4.46. The number of guanidine groups is 1. The zero-order chi connectivity index (χ0) is 22.5. The van der Waals surface area contributed by atoms with E-state index in [9.17, 15) is 5.26 Å². The minimum absolute atomic E-state index is 0.00301. The summed E-state index contributed by atoms with van der Waals surface area (Å²) in [4.78, 5) is 11.2. The fourth-order valence-electron chi connectivity index (χ4n) is 3.75. The lowest BCUT2D eigenvalue weighted by atomic mass is 9.94. The van der Waals surface area contributed by atoms with Gasteiger partial charge in [0.25, 0.3) is 0 Å². The third kappa shape index (κ3) is 4.21. The van der Waals surface area contributed by atoms with Crippen LogP contribution in [0.25, 0.3) is 0 Å². The smallest absolute Gasteiger partial charge is 0.211 e. The number of morpholine rings is 1. The number of nitrogens with one attached hydrogen (secondary N) is 2. The van der Waals surface area contributed by atoms with Gasteiger partial charge in [-0.15, -0.1) is 0 Å². The van der Waals surface area contributed by atoms with Gasteiger partial charge in [0, 0.05) is 30.8 Å². The molecule has 4 rings (SSSR count). The lowest BCUT2D eigenvalue weighted by Crippen LogP contribution is -2.38. The molecule has 0 spiro atoms. The molecule has 2 aliphatic heterocycles. The van der Waals surface area contributed by atoms with Crippen LogP contribution in [-0.4, -0.2) is 55.3 Å². The number of nitrogens with two attached hydrogens (primary N) is 2. The minimum atomic E-state index is -0.651. The standard InChI is InChI=1S/C21H23N9O2/c22-11-14-17(24)16-18(27-21(26-12-23)29-20(16)28-19(14)25)13-3-1-2-4-15(13)32-10-7-30-5-8-31-9-6-30/h1-4,18H,5-10H2,(H6,24,25,26,27,28,29). The van der Waals surface area contributed by atoms with E-state index < -0.39 is 6.04 Å². The number of anilines is 3. The molecule has 0 bridgehead atoms. The zero-order valence-corrected chi connectivity index (χ0v) is 17.3. The molecular formula is C21H23N9O2. The van der Waals surface area contributed by atoms with Crippen molar-refractivity contribution in [3.8, 4) is 18.0 Å². The molecule has 6 N–H and O–H groups in total. The van der Waals surface area contributed by atoms with Crippen LogP contribution < -0.4 is 26.8 Å². The molecule has 1 aromatic heterocycles. The van der Waals surface area contributed by atoms with Gasteiger partial charge in [0.1, 0.15) is 41.7 Å². The molecule has 164 valence electrons. The van der Waals surface area contributed by atoms with Crippen molar-refractivity contribution in [2.75, 3.05) is 56.2 Å². The Labute approximate surface area is 185 Å². The lowest BCUT2D eigenvalue weighted by Gasteiger charge is -2.28. The fraction of sp³-hybridized carbons (Fsp3) is 0.333. The van der Waals surface area contributed by atoms with Crippen molar-refractivity contribution in [1.29, 1.82) is 10.5 Å². The normalized spacial score (nSPS) is 17.8. The number of aromatic nitrogens is 1. The van der Waals surface area contributed by atoms with Gasteiger partial charge < -0.3 is 26.3 Å². The predicted molar refractivity (Wildman–Crippen MR) is 119 cm³/mol. The average molecular weight is 433 g/mol. The van der Waals surface area contributed by atoms with Crippen LogP contribution in [0.1, 0.15) is 22.7 Å². The van der Waals surface area contributed by atoms with E-state index in [-0.39, 0.29) is 23.0 Å². The maximum Gasteiger partial charge on any atom is 0.211 e. The number of benzene rings is 1. The second-order valence-corrected chi connectivity index (χ2v) is 7.24. The number of para-hydroxylation sites is 1. The number of hydrogen-bond acceptors (Lipinski definition) is 11. The van der Waals surface area contributed by atoms with Gasteiger partial charge >= 0.3 is 0 Å². The van der Waals surface area contributed by atoms with Gasteiger partial charge in [0.2, 0.25) is 5.96 Å². The van der Waals surface area contributed by atoms with E-state index in [0.29, 0.717) is 23.7 Å². The quantitative estimate of drug-likeness (QED) is 0.390. The molecule has 0 radical (unpaired) electrons. The molecule has 1 fully saturated rings. The maximum absolute atomic E-state index is 9.49. The average Bonchev–Trinajstić information content (AvgIpc) is 2.80. The first kappa shape index (κ1) is 21.2. The number of nitrogens with zero attached hydrogens (tertiary/aromatic N) is 5. The summed E-state index contributed by atoms with van der Waals surface area (Å²) < 4.78 is 11.5. The van der Waals surface area contributed by atoms with E-state index in [1.54, 1.807) is 0 Å². The van der Waals surface area contributed by atoms with Crippen LogP contribution in [0.2, 0.25) is 0 Å². The van der Waals surface area contributed by atoms with Crippen molar-refractivity contribution >= 4 is 23.3 Å². The van der Waals surface area contributed by atoms with Crippen LogP contribution in [0.3, 0.4) is 0 Å². The summed E-state index contributed by atoms with van der Waals surface area (Å²) in [5.41, 5.74) is 13.7. The van der Waals surface area contributed by atoms with E-state index in [1.165, 1.54) is 0 Å². The van der Waals surface area contributed by atoms with Gasteiger partial charge in [-0.2, -0.15) is 10.5 Å². The van der Waals surface area contributed by atoms with Gasteiger partial charge in [-0.05, 0) is 6.07 Å². The molecule has 1 saturated heterocycles. The molecule has 32 heavy (non-hydrogen) atoms. The van der Waals surface area contributed by atoms with Crippen molar-refractivity contribution in [1.82, 2.24) is 15.2 Å². The molecule has 2 aromatic rings. The fourth-order valence-corrected chi connectivity index (χ4v) is 3.75. The molecule has 11 nitrogen and oxygen atoms in total. The first-order valence-corrected chi connectivity index (χ1v) is 10.1. The Kier molecular flexibility index (Phi) is 6.22. The number of rotatable bonds is 5. The van der Waals surface area contributed by atoms with Crippen molar-refractivity contribution in [2.45, 2.75) is 6.04 Å². The van der Waals surface area contributed by atoms with E-state index in [2.05, 4.69) is 25.5 Å². The van der Waals surface area contributed by atoms with Gasteiger partial charge in [-0.1, -0.05) is 18.2 Å². The second kappa shape index (κ2) is 9.39. The number of nitriles is 2. The van der Waals surface area contributed by atoms with Gasteiger partial charge in [0.05, 0.1) is 18.9 Å². The van der Waals surface area contributed by atoms with Crippen molar-refractivity contribution in [3.05, 3.63) is 41.0 Å². The SMILES string of the molecule is N#CNC1=NC(c2ccccc2OCCN2CCOCC2)c2c(nc(N)c(C#N)c2N)N1. The summed E-state index contributed by atoms with van der Waals surface area (Å²) >= 11 is 0. The molecule has 3 heterocycles. The number of aliphatic imine (C=N–C) groups is 1. The molecule has 2 aliphatic rings. The van der Waals surface area contributed by atoms with Crippen LogP contribution in [0.4, 0.5) is 17.3 Å². The van der Waals surface area contributed by atoms with E-state index in [4.69, 9.17) is 26.2 Å². The summed E-state index contributed by atoms with van der Waals surface area (Å²) in [6, 6.07) is 8.82. The minimum Gasteiger partial charge on any atom is -0.492 e. The predicted octanol–water partition coefficient (Wildman–Crippen LogP) is 0.770. The van der Waals surface area contributed by atoms with E-state index >= 15 is 0 Å². The zero-order valence-electron chi connectivity index (χ0n) is 17.3. The van der Waals surface area contributed by atoms with Crippen molar-refractivity contribution in [3.63, 3.8) is 0 Å². The molecule has 1 aromatic carbocycles. The van der Waals surface area contributed by atoms with Crippen LogP contribution in [0.15, 0.2) is 29.3 Å². The van der Waals surface area contributed by atoms with Gasteiger partial charge in [-0.25, -0.2) is 9.98 Å². The Morgan fingerprint density at radius 1 is 1.25 bits per heavy atom. The summed E-state index contributed by atoms with van der Waals surface area (Å²) in [7, 11) is 0. The van der Waals surface area contributed by atoms with Crippen LogP contribution in [0.5, 0.6) is 5.75 Å². The molecule has 0 saturated carbocycles. The topological polar surface area (TPSA) is 171 Å². The largest absolute Gasteiger partial charge is 0.492 e. The van der Waals surface area contributed by atoms with Gasteiger partial charge in [-0.3, -0.25) is 10.2 Å². The molecule has 11 heteroatoms. The number of fused-ring (bicyclic) bond motifs is 1. The lowest BCUT2D eigenvalue weighted by molar-refractivity contribution is 0.0322. The van der Waals surface area contributed by atoms with Gasteiger partial charge in [0.15, 0.2) is 6.19 Å². The Morgan fingerprint density at radius 3 is 2.78 bits per heavy atom. The van der Waals surface area contributed by atoms with E-state index in [1.807, 2.05) is 36.5 Å². The molecule has 0 amide bonds. The highest BCUT2D eigenvalue weighted by molar-refractivity contribution is 5.98. The van der Waals surface area contributed by atoms with E-state index in [0.717, 1.165) is 38.4 Å². The second-order valence-electron chi connectivity index (χ2n) is 7.24. The third-order valence-corrected chi connectivity index (χ3v) is 5.34. The van der Waals surface area contributed by atoms with Crippen molar-refractivity contribution < 1.29 is 9.47 Å². The molecule has 1 unspecified atom stereocenters. The Morgan fingerprint density at radius 2 is 2.03 bits per heavy atom. The molecule has 1 atom stereocenters. The Bertz CT molecular complexity index is 1110. The maximum atomic E-state index is 9.49. The Hall–Kier alpha value is -4.06. The summed E-state index contributed by atoms with van der Waals surface area (Å²) in [5, 5.41) is 24.0. The highest BCUT2D eigenvalue weighted by Gasteiger charge is 2.31. The number of hydrogen-bond donors (Lipinski definition) is 4. The van der Waals surface area contributed by atoms with Crippen molar-refractivity contribution in [2.24, 2.45) is 4.99 Å². The number of nitrogen functional groups attached to an aromatic ring is 2. The molecule has 0 aliphatic carbocycles. The van der Waals surface area contributed by atoms with Crippen LogP contribution in [0, 0.1) is 22.8 Å². The van der Waals surface area contributed by atoms with Crippen LogP contribution in [-0.2, 0) is 4.74 Å². The van der Waals surface area contributed by atoms with Crippen LogP contribution >= 0.6 is 0 Å². The summed E-state index contributed by atoms with van der Waals surface area (Å²) in [5.74, 6) is 1.17. The highest BCUT2D eigenvalue weighted by atomic mass is 16.5. The first-order chi connectivity index (χ1) is 15.6. The third-order valence-electron chi connectivity index (χ3n) is 5.34. The highest BCUT2D eigenvalue weighted by Crippen LogP contribution is 2.43. The number of ether oxygens (including phenoxy) is 2. The Balaban J connectivity index is 1.68. The summed E-state index contributed by atoms with van der Waals surface area (Å²) in [6.07, 6.45) is 1.84.